The van der Waals surface area contributed by atoms with Gasteiger partial charge < -0.3 is 15.0 Å². The van der Waals surface area contributed by atoms with Gasteiger partial charge in [0.05, 0.1) is 6.61 Å². The molecule has 1 aromatic rings. The molecule has 0 aromatic carbocycles. The number of allylic oxidation sites excluding steroid dienone is 2. The molecule has 0 saturated carbocycles. The Hall–Kier alpha value is -1.78. The normalized spacial score (nSPS) is 14.9. The minimum absolute atomic E-state index is 0.256. The molecule has 1 aliphatic rings. The topological polar surface area (TPSA) is 70.1 Å². The van der Waals surface area contributed by atoms with Crippen LogP contribution in [0.3, 0.4) is 0 Å². The Balaban J connectivity index is 2.14. The molecule has 0 radical (unpaired) electrons. The molecule has 1 aliphatic carbocycles. The molecule has 0 atom stereocenters. The predicted molar refractivity (Wildman–Crippen MR) is 83.1 cm³/mol. The number of carbonyl (C=O) groups excluding carboxylic acids is 1. The van der Waals surface area contributed by atoms with E-state index in [9.17, 15) is 4.79 Å². The molecule has 0 fully saturated rings. The summed E-state index contributed by atoms with van der Waals surface area (Å²) in [5, 5.41) is 0. The van der Waals surface area contributed by atoms with E-state index >= 15 is 0 Å². The highest BCUT2D eigenvalue weighted by atomic mass is 16.5. The van der Waals surface area contributed by atoms with E-state index in [1.54, 1.807) is 6.92 Å². The predicted octanol–water partition coefficient (Wildman–Crippen LogP) is 3.09. The lowest BCUT2D eigenvalue weighted by Gasteiger charge is -2.14. The van der Waals surface area contributed by atoms with Crippen LogP contribution < -0.4 is 5.73 Å². The summed E-state index contributed by atoms with van der Waals surface area (Å²) in [4.78, 5) is 16.2. The average molecular weight is 291 g/mol. The van der Waals surface area contributed by atoms with Gasteiger partial charge in [0.15, 0.2) is 5.69 Å². The maximum Gasteiger partial charge on any atom is 0.360 e. The molecule has 1 aromatic heterocycles. The summed E-state index contributed by atoms with van der Waals surface area (Å²) in [5.74, 6) is 0.856. The van der Waals surface area contributed by atoms with Gasteiger partial charge in [-0.05, 0) is 39.0 Å². The number of carbonyl (C=O) groups is 1. The number of nitrogen functional groups attached to an aromatic ring is 1. The third kappa shape index (κ3) is 3.65. The number of rotatable bonds is 6. The zero-order valence-electron chi connectivity index (χ0n) is 13.0. The van der Waals surface area contributed by atoms with Gasteiger partial charge in [-0.15, -0.1) is 0 Å². The molecule has 1 heterocycles. The second-order valence-corrected chi connectivity index (χ2v) is 5.35. The molecule has 0 spiro atoms. The lowest BCUT2D eigenvalue weighted by Crippen LogP contribution is -2.11. The van der Waals surface area contributed by atoms with Gasteiger partial charge in [0.1, 0.15) is 11.6 Å². The van der Waals surface area contributed by atoms with E-state index in [1.807, 2.05) is 11.5 Å². The first-order valence-electron chi connectivity index (χ1n) is 7.87. The second-order valence-electron chi connectivity index (χ2n) is 5.35. The third-order valence-electron chi connectivity index (χ3n) is 3.91. The summed E-state index contributed by atoms with van der Waals surface area (Å²) in [5.41, 5.74) is 7.86. The van der Waals surface area contributed by atoms with Crippen LogP contribution in [0.2, 0.25) is 0 Å². The van der Waals surface area contributed by atoms with Crippen molar-refractivity contribution in [3.8, 4) is 0 Å². The van der Waals surface area contributed by atoms with Gasteiger partial charge in [0.2, 0.25) is 0 Å². The summed E-state index contributed by atoms with van der Waals surface area (Å²) < 4.78 is 6.97. The molecule has 2 N–H and O–H groups in total. The summed E-state index contributed by atoms with van der Waals surface area (Å²) in [6, 6.07) is 0. The molecular formula is C16H25N3O2. The summed E-state index contributed by atoms with van der Waals surface area (Å²) in [7, 11) is 0. The smallest absolute Gasteiger partial charge is 0.360 e. The van der Waals surface area contributed by atoms with Gasteiger partial charge in [-0.1, -0.05) is 18.6 Å². The van der Waals surface area contributed by atoms with Crippen LogP contribution in [0, 0.1) is 0 Å². The van der Waals surface area contributed by atoms with Crippen molar-refractivity contribution in [1.82, 2.24) is 9.55 Å². The van der Waals surface area contributed by atoms with Crippen molar-refractivity contribution in [1.29, 1.82) is 0 Å². The average Bonchev–Trinajstić information content (AvgIpc) is 2.83. The fraction of sp³-hybridized carbons (Fsp3) is 0.625. The van der Waals surface area contributed by atoms with Crippen LogP contribution in [0.15, 0.2) is 11.6 Å². The first-order valence-corrected chi connectivity index (χ1v) is 7.87. The van der Waals surface area contributed by atoms with E-state index in [1.165, 1.54) is 31.3 Å². The number of nitrogens with zero attached hydrogens (tertiary/aromatic N) is 2. The van der Waals surface area contributed by atoms with Crippen molar-refractivity contribution in [2.75, 3.05) is 12.3 Å². The number of aryl methyl sites for hydroxylation is 1. The molecule has 0 bridgehead atoms. The second kappa shape index (κ2) is 7.29. The van der Waals surface area contributed by atoms with Crippen molar-refractivity contribution < 1.29 is 9.53 Å². The van der Waals surface area contributed by atoms with Crippen LogP contribution in [0.5, 0.6) is 0 Å². The van der Waals surface area contributed by atoms with E-state index in [0.717, 1.165) is 25.2 Å². The van der Waals surface area contributed by atoms with Crippen LogP contribution in [0.1, 0.15) is 62.3 Å². The molecule has 2 rings (SSSR count). The van der Waals surface area contributed by atoms with Crippen LogP contribution in [0.25, 0.3) is 0 Å². The van der Waals surface area contributed by atoms with Crippen molar-refractivity contribution in [2.24, 2.45) is 0 Å². The quantitative estimate of drug-likeness (QED) is 0.646. The Kier molecular flexibility index (Phi) is 5.42. The number of nitrogens with two attached hydrogens (primary N) is 1. The first-order chi connectivity index (χ1) is 10.2. The number of esters is 1. The van der Waals surface area contributed by atoms with Crippen molar-refractivity contribution in [2.45, 2.75) is 58.9 Å². The fourth-order valence-corrected chi connectivity index (χ4v) is 2.77. The number of aromatic nitrogens is 2. The number of anilines is 1. The van der Waals surface area contributed by atoms with E-state index in [2.05, 4.69) is 11.1 Å². The standard InChI is InChI=1S/C16H25N3O2/c1-3-13-18-14(16(20)21-4-2)15(17)19(13)11-10-12-8-6-5-7-9-12/h8H,3-7,9-11,17H2,1-2H3. The Bertz CT molecular complexity index is 532. The van der Waals surface area contributed by atoms with Gasteiger partial charge in [-0.3, -0.25) is 0 Å². The molecule has 5 nitrogen and oxygen atoms in total. The molecule has 0 amide bonds. The highest BCUT2D eigenvalue weighted by Crippen LogP contribution is 2.23. The maximum absolute atomic E-state index is 11.9. The summed E-state index contributed by atoms with van der Waals surface area (Å²) in [6.45, 7) is 4.92. The molecule has 21 heavy (non-hydrogen) atoms. The van der Waals surface area contributed by atoms with Gasteiger partial charge in [0.25, 0.3) is 0 Å². The monoisotopic (exact) mass is 291 g/mol. The highest BCUT2D eigenvalue weighted by Gasteiger charge is 2.20. The zero-order valence-corrected chi connectivity index (χ0v) is 13.0. The van der Waals surface area contributed by atoms with Gasteiger partial charge in [-0.2, -0.15) is 0 Å². The van der Waals surface area contributed by atoms with E-state index in [4.69, 9.17) is 10.5 Å². The van der Waals surface area contributed by atoms with Crippen molar-refractivity contribution in [3.05, 3.63) is 23.2 Å². The molecule has 5 heteroatoms. The Morgan fingerprint density at radius 2 is 2.24 bits per heavy atom. The van der Waals surface area contributed by atoms with Gasteiger partial charge >= 0.3 is 5.97 Å². The highest BCUT2D eigenvalue weighted by molar-refractivity contribution is 5.92. The molecule has 0 aliphatic heterocycles. The Morgan fingerprint density at radius 1 is 1.43 bits per heavy atom. The van der Waals surface area contributed by atoms with Crippen LogP contribution >= 0.6 is 0 Å². The van der Waals surface area contributed by atoms with Gasteiger partial charge in [0, 0.05) is 13.0 Å². The Morgan fingerprint density at radius 3 is 2.86 bits per heavy atom. The zero-order chi connectivity index (χ0) is 15.2. The van der Waals surface area contributed by atoms with Crippen molar-refractivity contribution >= 4 is 11.8 Å². The fourth-order valence-electron chi connectivity index (χ4n) is 2.77. The first kappa shape index (κ1) is 15.6. The number of hydrogen-bond donors (Lipinski definition) is 1. The van der Waals surface area contributed by atoms with Crippen molar-refractivity contribution in [3.63, 3.8) is 0 Å². The molecule has 116 valence electrons. The minimum Gasteiger partial charge on any atom is -0.461 e. The summed E-state index contributed by atoms with van der Waals surface area (Å²) >= 11 is 0. The minimum atomic E-state index is -0.430. The molecule has 0 saturated heterocycles. The third-order valence-corrected chi connectivity index (χ3v) is 3.91. The number of hydrogen-bond acceptors (Lipinski definition) is 4. The number of imidazole rings is 1. The molecule has 0 unspecified atom stereocenters. The van der Waals surface area contributed by atoms with E-state index < -0.39 is 5.97 Å². The van der Waals surface area contributed by atoms with Crippen LogP contribution in [0.4, 0.5) is 5.82 Å². The largest absolute Gasteiger partial charge is 0.461 e. The lowest BCUT2D eigenvalue weighted by atomic mass is 9.97. The number of ether oxygens (including phenoxy) is 1. The van der Waals surface area contributed by atoms with E-state index in [0.29, 0.717) is 12.4 Å². The summed E-state index contributed by atoms with van der Waals surface area (Å²) in [6.07, 6.45) is 9.01. The van der Waals surface area contributed by atoms with Crippen LogP contribution in [-0.4, -0.2) is 22.1 Å². The van der Waals surface area contributed by atoms with Crippen LogP contribution in [-0.2, 0) is 17.7 Å². The Labute approximate surface area is 126 Å². The molecular weight excluding hydrogens is 266 g/mol. The van der Waals surface area contributed by atoms with E-state index in [-0.39, 0.29) is 5.69 Å². The maximum atomic E-state index is 11.9. The SMILES string of the molecule is CCOC(=O)c1nc(CC)n(CCC2=CCCCC2)c1N. The van der Waals surface area contributed by atoms with Gasteiger partial charge in [-0.25, -0.2) is 9.78 Å². The lowest BCUT2D eigenvalue weighted by molar-refractivity contribution is 0.0521.